The Labute approximate surface area is 158 Å². The maximum atomic E-state index is 5.24. The fourth-order valence-electron chi connectivity index (χ4n) is 3.89. The zero-order valence-corrected chi connectivity index (χ0v) is 15.1. The monoisotopic (exact) mass is 349 g/mol. The summed E-state index contributed by atoms with van der Waals surface area (Å²) in [4.78, 5) is 14.2. The van der Waals surface area contributed by atoms with E-state index in [0.29, 0.717) is 0 Å². The minimum absolute atomic E-state index is 0.344. The van der Waals surface area contributed by atoms with Gasteiger partial charge in [0.25, 0.3) is 0 Å². The molecule has 1 aliphatic rings. The Hall–Kier alpha value is -3.33. The molecule has 2 aromatic carbocycles. The number of aromatic nitrogens is 2. The van der Waals surface area contributed by atoms with E-state index in [1.165, 1.54) is 11.1 Å². The van der Waals surface area contributed by atoms with Crippen LogP contribution in [-0.2, 0) is 12.0 Å². The van der Waals surface area contributed by atoms with E-state index in [0.717, 1.165) is 34.2 Å². The van der Waals surface area contributed by atoms with Crippen LogP contribution in [0.2, 0.25) is 0 Å². The van der Waals surface area contributed by atoms with E-state index in [-0.39, 0.29) is 5.54 Å². The first-order valence-corrected chi connectivity index (χ1v) is 9.17. The highest BCUT2D eigenvalue weighted by atomic mass is 14.9. The summed E-state index contributed by atoms with van der Waals surface area (Å²) in [5, 5.41) is 1.13. The van der Waals surface area contributed by atoms with Crippen molar-refractivity contribution in [2.75, 3.05) is 0 Å². The molecule has 1 aliphatic heterocycles. The lowest BCUT2D eigenvalue weighted by Gasteiger charge is -2.32. The van der Waals surface area contributed by atoms with Crippen LogP contribution in [0.3, 0.4) is 0 Å². The van der Waals surface area contributed by atoms with E-state index in [2.05, 4.69) is 59.4 Å². The Morgan fingerprint density at radius 3 is 2.63 bits per heavy atom. The van der Waals surface area contributed by atoms with Crippen molar-refractivity contribution in [2.45, 2.75) is 18.9 Å². The molecule has 1 atom stereocenters. The van der Waals surface area contributed by atoms with Crippen molar-refractivity contribution in [3.63, 3.8) is 0 Å². The first-order valence-electron chi connectivity index (χ1n) is 9.17. The molecule has 0 aliphatic carbocycles. The van der Waals surface area contributed by atoms with Crippen LogP contribution in [0.4, 0.5) is 0 Å². The third-order valence-corrected chi connectivity index (χ3v) is 5.31. The van der Waals surface area contributed by atoms with Gasteiger partial charge in [0.05, 0.1) is 16.8 Å². The highest BCUT2D eigenvalue weighted by Gasteiger charge is 2.33. The van der Waals surface area contributed by atoms with Crippen LogP contribution < -0.4 is 0 Å². The van der Waals surface area contributed by atoms with Crippen LogP contribution in [-0.4, -0.2) is 15.7 Å². The van der Waals surface area contributed by atoms with Gasteiger partial charge in [0, 0.05) is 41.5 Å². The van der Waals surface area contributed by atoms with Gasteiger partial charge in [-0.3, -0.25) is 15.0 Å². The van der Waals surface area contributed by atoms with Crippen LogP contribution in [0, 0.1) is 0 Å². The molecule has 0 bridgehead atoms. The first-order chi connectivity index (χ1) is 13.2. The van der Waals surface area contributed by atoms with Crippen LogP contribution in [0.1, 0.15) is 29.2 Å². The highest BCUT2D eigenvalue weighted by Crippen LogP contribution is 2.36. The van der Waals surface area contributed by atoms with Gasteiger partial charge in [0.2, 0.25) is 0 Å². The topological polar surface area (TPSA) is 38.1 Å². The van der Waals surface area contributed by atoms with Crippen LogP contribution in [0.5, 0.6) is 0 Å². The maximum Gasteiger partial charge on any atom is 0.0891 e. The third-order valence-electron chi connectivity index (χ3n) is 5.31. The van der Waals surface area contributed by atoms with E-state index >= 15 is 0 Å². The third kappa shape index (κ3) is 2.72. The normalized spacial score (nSPS) is 18.8. The van der Waals surface area contributed by atoms with Gasteiger partial charge in [-0.1, -0.05) is 48.5 Å². The Balaban J connectivity index is 1.73. The van der Waals surface area contributed by atoms with Crippen molar-refractivity contribution in [3.8, 4) is 0 Å². The zero-order valence-electron chi connectivity index (χ0n) is 15.1. The summed E-state index contributed by atoms with van der Waals surface area (Å²) < 4.78 is 0. The average Bonchev–Trinajstić information content (AvgIpc) is 2.73. The van der Waals surface area contributed by atoms with Crippen LogP contribution >= 0.6 is 0 Å². The molecule has 3 heterocycles. The summed E-state index contributed by atoms with van der Waals surface area (Å²) in [5.74, 6) is 0. The molecule has 0 saturated carbocycles. The lowest BCUT2D eigenvalue weighted by atomic mass is 9.80. The second-order valence-corrected chi connectivity index (χ2v) is 7.23. The van der Waals surface area contributed by atoms with Gasteiger partial charge in [-0.25, -0.2) is 0 Å². The summed E-state index contributed by atoms with van der Waals surface area (Å²) >= 11 is 0. The number of nitrogens with zero attached hydrogens (tertiary/aromatic N) is 3. The minimum Gasteiger partial charge on any atom is -0.273 e. The number of rotatable bonds is 2. The van der Waals surface area contributed by atoms with Gasteiger partial charge in [0.15, 0.2) is 0 Å². The number of pyridine rings is 2. The Kier molecular flexibility index (Phi) is 3.61. The lowest BCUT2D eigenvalue weighted by Crippen LogP contribution is -2.30. The van der Waals surface area contributed by atoms with Gasteiger partial charge in [-0.2, -0.15) is 0 Å². The number of hydrogen-bond acceptors (Lipinski definition) is 3. The molecule has 0 spiro atoms. The van der Waals surface area contributed by atoms with E-state index in [4.69, 9.17) is 4.99 Å². The van der Waals surface area contributed by atoms with Crippen molar-refractivity contribution in [1.29, 1.82) is 0 Å². The summed E-state index contributed by atoms with van der Waals surface area (Å²) in [6, 6.07) is 23.0. The van der Waals surface area contributed by atoms with E-state index in [1.807, 2.05) is 42.9 Å². The van der Waals surface area contributed by atoms with Crippen molar-refractivity contribution < 1.29 is 0 Å². The molecule has 3 nitrogen and oxygen atoms in total. The molecule has 0 fully saturated rings. The Morgan fingerprint density at radius 2 is 1.74 bits per heavy atom. The van der Waals surface area contributed by atoms with Crippen molar-refractivity contribution in [3.05, 3.63) is 108 Å². The standard InChI is InChI=1S/C24H19N3/c1-24(20-9-6-12-25-16-20)14-18-8-2-4-10-21(18)23(27-24)19-13-17-7-3-5-11-22(17)26-15-19/h2-13,15-16H,14H2,1H3. The lowest BCUT2D eigenvalue weighted by molar-refractivity contribution is 0.487. The molecule has 3 heteroatoms. The molecular weight excluding hydrogens is 330 g/mol. The van der Waals surface area contributed by atoms with Crippen LogP contribution in [0.25, 0.3) is 10.9 Å². The van der Waals surface area contributed by atoms with Crippen molar-refractivity contribution in [2.24, 2.45) is 4.99 Å². The molecule has 0 radical (unpaired) electrons. The fourth-order valence-corrected chi connectivity index (χ4v) is 3.89. The van der Waals surface area contributed by atoms with E-state index < -0.39 is 0 Å². The molecule has 0 N–H and O–H groups in total. The smallest absolute Gasteiger partial charge is 0.0891 e. The molecule has 0 saturated heterocycles. The minimum atomic E-state index is -0.344. The second kappa shape index (κ2) is 6.13. The highest BCUT2D eigenvalue weighted by molar-refractivity contribution is 6.15. The van der Waals surface area contributed by atoms with E-state index in [1.54, 1.807) is 0 Å². The molecule has 1 unspecified atom stereocenters. The summed E-state index contributed by atoms with van der Waals surface area (Å²) in [7, 11) is 0. The summed E-state index contributed by atoms with van der Waals surface area (Å²) in [5.41, 5.74) is 6.34. The molecule has 2 aromatic heterocycles. The van der Waals surface area contributed by atoms with Crippen LogP contribution in [0.15, 0.2) is 90.3 Å². The van der Waals surface area contributed by atoms with Crippen molar-refractivity contribution >= 4 is 16.6 Å². The average molecular weight is 349 g/mol. The van der Waals surface area contributed by atoms with Gasteiger partial charge in [-0.15, -0.1) is 0 Å². The summed E-state index contributed by atoms with van der Waals surface area (Å²) in [6.07, 6.45) is 6.53. The number of aliphatic imine (C=N–C) groups is 1. The SMILES string of the molecule is CC1(c2cccnc2)Cc2ccccc2C(c2cnc3ccccc3c2)=N1. The number of fused-ring (bicyclic) bond motifs is 2. The Morgan fingerprint density at radius 1 is 0.889 bits per heavy atom. The van der Waals surface area contributed by atoms with Gasteiger partial charge >= 0.3 is 0 Å². The van der Waals surface area contributed by atoms with Crippen molar-refractivity contribution in [1.82, 2.24) is 9.97 Å². The van der Waals surface area contributed by atoms with E-state index in [9.17, 15) is 0 Å². The zero-order chi connectivity index (χ0) is 18.3. The quantitative estimate of drug-likeness (QED) is 0.514. The molecule has 4 aromatic rings. The molecule has 27 heavy (non-hydrogen) atoms. The predicted molar refractivity (Wildman–Crippen MR) is 109 cm³/mol. The van der Waals surface area contributed by atoms with Gasteiger partial charge < -0.3 is 0 Å². The number of hydrogen-bond donors (Lipinski definition) is 0. The first kappa shape index (κ1) is 15.9. The van der Waals surface area contributed by atoms with Gasteiger partial charge in [-0.05, 0) is 36.2 Å². The number of para-hydroxylation sites is 1. The van der Waals surface area contributed by atoms with Gasteiger partial charge in [0.1, 0.15) is 0 Å². The second-order valence-electron chi connectivity index (χ2n) is 7.23. The molecule has 5 rings (SSSR count). The molecule has 0 amide bonds. The maximum absolute atomic E-state index is 5.24. The summed E-state index contributed by atoms with van der Waals surface area (Å²) in [6.45, 7) is 2.19. The predicted octanol–water partition coefficient (Wildman–Crippen LogP) is 4.94. The molecular formula is C24H19N3. The fraction of sp³-hybridized carbons (Fsp3) is 0.125. The largest absolute Gasteiger partial charge is 0.273 e. The molecule has 130 valence electrons. The Bertz CT molecular complexity index is 1160. The number of benzene rings is 2.